The molecule has 114 valence electrons. The number of carbonyl (C=O) groups excluding carboxylic acids is 2. The fourth-order valence-electron chi connectivity index (χ4n) is 2.44. The average molecular weight is 289 g/mol. The van der Waals surface area contributed by atoms with Crippen LogP contribution in [0.15, 0.2) is 18.2 Å². The van der Waals surface area contributed by atoms with E-state index in [1.807, 2.05) is 32.0 Å². The first-order valence-corrected chi connectivity index (χ1v) is 7.27. The lowest BCUT2D eigenvalue weighted by Crippen LogP contribution is -2.43. The van der Waals surface area contributed by atoms with E-state index < -0.39 is 5.41 Å². The summed E-state index contributed by atoms with van der Waals surface area (Å²) in [5.74, 6) is -0.224. The van der Waals surface area contributed by atoms with E-state index in [1.165, 1.54) is 11.1 Å². The first kappa shape index (κ1) is 15.5. The molecule has 5 heteroatoms. The van der Waals surface area contributed by atoms with Crippen molar-refractivity contribution in [2.75, 3.05) is 20.1 Å². The lowest BCUT2D eigenvalue weighted by atomic mass is 9.92. The number of carbonyl (C=O) groups is 2. The number of amides is 2. The summed E-state index contributed by atoms with van der Waals surface area (Å²) in [6.45, 7) is 5.71. The Morgan fingerprint density at radius 1 is 1.29 bits per heavy atom. The molecule has 0 saturated heterocycles. The third-order valence-electron chi connectivity index (χ3n) is 3.89. The Labute approximate surface area is 125 Å². The van der Waals surface area contributed by atoms with Crippen LogP contribution in [0.2, 0.25) is 0 Å². The van der Waals surface area contributed by atoms with Crippen molar-refractivity contribution in [3.63, 3.8) is 0 Å². The molecule has 1 aliphatic heterocycles. The van der Waals surface area contributed by atoms with Crippen molar-refractivity contribution < 1.29 is 9.59 Å². The van der Waals surface area contributed by atoms with Crippen LogP contribution in [0, 0.1) is 5.41 Å². The molecule has 3 N–H and O–H groups in total. The summed E-state index contributed by atoms with van der Waals surface area (Å²) < 4.78 is 0. The molecule has 0 aromatic heterocycles. The van der Waals surface area contributed by atoms with Gasteiger partial charge in [0.15, 0.2) is 0 Å². The van der Waals surface area contributed by atoms with Gasteiger partial charge >= 0.3 is 0 Å². The molecule has 0 saturated carbocycles. The topological polar surface area (TPSA) is 70.2 Å². The number of nitrogens with one attached hydrogen (secondary N) is 3. The molecule has 0 aliphatic carbocycles. The highest BCUT2D eigenvalue weighted by Crippen LogP contribution is 2.17. The summed E-state index contributed by atoms with van der Waals surface area (Å²) in [7, 11) is 1.60. The maximum absolute atomic E-state index is 12.2. The normalized spacial score (nSPS) is 14.2. The monoisotopic (exact) mass is 289 g/mol. The van der Waals surface area contributed by atoms with Crippen molar-refractivity contribution in [2.45, 2.75) is 26.8 Å². The van der Waals surface area contributed by atoms with Crippen molar-refractivity contribution in [2.24, 2.45) is 5.41 Å². The number of rotatable bonds is 4. The second-order valence-electron chi connectivity index (χ2n) is 6.06. The van der Waals surface area contributed by atoms with Crippen LogP contribution in [0.1, 0.15) is 35.3 Å². The summed E-state index contributed by atoms with van der Waals surface area (Å²) in [6.07, 6.45) is 1.00. The molecule has 1 heterocycles. The minimum atomic E-state index is -0.625. The van der Waals surface area contributed by atoms with Gasteiger partial charge in [-0.3, -0.25) is 9.59 Å². The van der Waals surface area contributed by atoms with E-state index in [2.05, 4.69) is 16.0 Å². The lowest BCUT2D eigenvalue weighted by Gasteiger charge is -2.23. The van der Waals surface area contributed by atoms with E-state index in [-0.39, 0.29) is 11.8 Å². The Morgan fingerprint density at radius 3 is 2.76 bits per heavy atom. The standard InChI is InChI=1S/C16H23N3O2/c1-16(2,15(21)17-3)10-19-14(20)12-5-4-11-6-7-18-9-13(11)8-12/h4-5,8,18H,6-7,9-10H2,1-3H3,(H,17,21)(H,19,20). The molecule has 5 nitrogen and oxygen atoms in total. The maximum Gasteiger partial charge on any atom is 0.251 e. The first-order valence-electron chi connectivity index (χ1n) is 7.27. The molecule has 0 atom stereocenters. The van der Waals surface area contributed by atoms with Crippen molar-refractivity contribution >= 4 is 11.8 Å². The van der Waals surface area contributed by atoms with Crippen LogP contribution in [-0.4, -0.2) is 32.0 Å². The van der Waals surface area contributed by atoms with Gasteiger partial charge in [0.1, 0.15) is 0 Å². The van der Waals surface area contributed by atoms with Gasteiger partial charge in [-0.1, -0.05) is 6.07 Å². The number of benzene rings is 1. The SMILES string of the molecule is CNC(=O)C(C)(C)CNC(=O)c1ccc2c(c1)CNCC2. The molecule has 1 aliphatic rings. The highest BCUT2D eigenvalue weighted by Gasteiger charge is 2.27. The van der Waals surface area contributed by atoms with Gasteiger partial charge in [0.25, 0.3) is 5.91 Å². The predicted octanol–water partition coefficient (Wildman–Crippen LogP) is 0.834. The van der Waals surface area contributed by atoms with Gasteiger partial charge in [-0.15, -0.1) is 0 Å². The van der Waals surface area contributed by atoms with Crippen LogP contribution in [0.4, 0.5) is 0 Å². The summed E-state index contributed by atoms with van der Waals surface area (Å²) >= 11 is 0. The molecule has 2 amide bonds. The minimum absolute atomic E-state index is 0.0857. The summed E-state index contributed by atoms with van der Waals surface area (Å²) in [5.41, 5.74) is 2.50. The molecular formula is C16H23N3O2. The highest BCUT2D eigenvalue weighted by molar-refractivity contribution is 5.95. The third-order valence-corrected chi connectivity index (χ3v) is 3.89. The third kappa shape index (κ3) is 3.61. The van der Waals surface area contributed by atoms with E-state index in [4.69, 9.17) is 0 Å². The summed E-state index contributed by atoms with van der Waals surface area (Å²) in [6, 6.07) is 5.81. The lowest BCUT2D eigenvalue weighted by molar-refractivity contribution is -0.128. The van der Waals surface area contributed by atoms with Crippen molar-refractivity contribution in [1.82, 2.24) is 16.0 Å². The van der Waals surface area contributed by atoms with Gasteiger partial charge < -0.3 is 16.0 Å². The minimum Gasteiger partial charge on any atom is -0.359 e. The number of hydrogen-bond acceptors (Lipinski definition) is 3. The Bertz CT molecular complexity index is 552. The molecule has 0 unspecified atom stereocenters. The van der Waals surface area contributed by atoms with E-state index in [1.54, 1.807) is 7.05 Å². The Balaban J connectivity index is 2.02. The Kier molecular flexibility index (Phi) is 4.63. The van der Waals surface area contributed by atoms with E-state index in [0.29, 0.717) is 12.1 Å². The second kappa shape index (κ2) is 6.26. The van der Waals surface area contributed by atoms with Gasteiger partial charge in [-0.2, -0.15) is 0 Å². The summed E-state index contributed by atoms with van der Waals surface area (Å²) in [4.78, 5) is 23.9. The van der Waals surface area contributed by atoms with Gasteiger partial charge in [-0.05, 0) is 50.1 Å². The van der Waals surface area contributed by atoms with Crippen molar-refractivity contribution in [3.8, 4) is 0 Å². The largest absolute Gasteiger partial charge is 0.359 e. The van der Waals surface area contributed by atoms with E-state index in [9.17, 15) is 9.59 Å². The van der Waals surface area contributed by atoms with E-state index >= 15 is 0 Å². The first-order chi connectivity index (χ1) is 9.94. The Morgan fingerprint density at radius 2 is 2.05 bits per heavy atom. The van der Waals surface area contributed by atoms with Crippen molar-refractivity contribution in [1.29, 1.82) is 0 Å². The fraction of sp³-hybridized carbons (Fsp3) is 0.500. The molecular weight excluding hydrogens is 266 g/mol. The highest BCUT2D eigenvalue weighted by atomic mass is 16.2. The Hall–Kier alpha value is -1.88. The average Bonchev–Trinajstić information content (AvgIpc) is 2.51. The molecule has 1 aromatic carbocycles. The van der Waals surface area contributed by atoms with Crippen LogP contribution in [-0.2, 0) is 17.8 Å². The van der Waals surface area contributed by atoms with Gasteiger partial charge in [0.05, 0.1) is 5.41 Å². The van der Waals surface area contributed by atoms with E-state index in [0.717, 1.165) is 19.5 Å². The van der Waals surface area contributed by atoms with Crippen LogP contribution in [0.5, 0.6) is 0 Å². The number of hydrogen-bond donors (Lipinski definition) is 3. The quantitative estimate of drug-likeness (QED) is 0.769. The van der Waals surface area contributed by atoms with Gasteiger partial charge in [-0.25, -0.2) is 0 Å². The molecule has 21 heavy (non-hydrogen) atoms. The molecule has 0 spiro atoms. The van der Waals surface area contributed by atoms with Crippen LogP contribution in [0.3, 0.4) is 0 Å². The fourth-order valence-corrected chi connectivity index (χ4v) is 2.44. The molecule has 1 aromatic rings. The van der Waals surface area contributed by atoms with Gasteiger partial charge in [0.2, 0.25) is 5.91 Å². The zero-order chi connectivity index (χ0) is 15.5. The maximum atomic E-state index is 12.2. The molecule has 0 radical (unpaired) electrons. The zero-order valence-electron chi connectivity index (χ0n) is 12.9. The predicted molar refractivity (Wildman–Crippen MR) is 82.0 cm³/mol. The van der Waals surface area contributed by atoms with Crippen LogP contribution in [0.25, 0.3) is 0 Å². The van der Waals surface area contributed by atoms with Crippen LogP contribution < -0.4 is 16.0 Å². The van der Waals surface area contributed by atoms with Crippen LogP contribution >= 0.6 is 0 Å². The number of fused-ring (bicyclic) bond motifs is 1. The van der Waals surface area contributed by atoms with Gasteiger partial charge in [0, 0.05) is 25.7 Å². The molecule has 0 bridgehead atoms. The smallest absolute Gasteiger partial charge is 0.251 e. The van der Waals surface area contributed by atoms with Crippen molar-refractivity contribution in [3.05, 3.63) is 34.9 Å². The zero-order valence-corrected chi connectivity index (χ0v) is 12.9. The second-order valence-corrected chi connectivity index (χ2v) is 6.06. The summed E-state index contributed by atoms with van der Waals surface area (Å²) in [5, 5.41) is 8.75. The molecule has 2 rings (SSSR count). The molecule has 0 fully saturated rings.